The van der Waals surface area contributed by atoms with Crippen molar-refractivity contribution < 1.29 is 13.3 Å². The molecule has 0 amide bonds. The van der Waals surface area contributed by atoms with Crippen molar-refractivity contribution >= 4 is 14.9 Å². The molecule has 2 aliphatic carbocycles. The van der Waals surface area contributed by atoms with Gasteiger partial charge in [-0.3, -0.25) is 0 Å². The third-order valence-corrected chi connectivity index (χ3v) is 9.65. The fraction of sp³-hybridized carbons (Fsp3) is 0.440. The van der Waals surface area contributed by atoms with Gasteiger partial charge in [-0.05, 0) is 48.5 Å². The third-order valence-electron chi connectivity index (χ3n) is 6.37. The largest absolute Gasteiger partial charge is 0.504 e. The van der Waals surface area contributed by atoms with Crippen molar-refractivity contribution in [1.82, 2.24) is 0 Å². The van der Waals surface area contributed by atoms with Crippen LogP contribution in [0.15, 0.2) is 73.4 Å². The summed E-state index contributed by atoms with van der Waals surface area (Å²) in [4.78, 5) is 0. The molecule has 1 saturated carbocycles. The molecule has 3 nitrogen and oxygen atoms in total. The number of allylic oxidation sites excluding steroid dienone is 6. The highest BCUT2D eigenvalue weighted by Crippen LogP contribution is 2.48. The molecule has 1 aromatic carbocycles. The van der Waals surface area contributed by atoms with E-state index in [1.54, 1.807) is 21.3 Å². The Balaban J connectivity index is 1.75. The number of hydrogen-bond donors (Lipinski definition) is 0. The van der Waals surface area contributed by atoms with Crippen LogP contribution in [0, 0.1) is 23.7 Å². The molecule has 0 spiro atoms. The van der Waals surface area contributed by atoms with Gasteiger partial charge in [0.05, 0.1) is 0 Å². The van der Waals surface area contributed by atoms with Crippen molar-refractivity contribution in [3.63, 3.8) is 0 Å². The van der Waals surface area contributed by atoms with E-state index in [1.165, 1.54) is 5.56 Å². The molecule has 0 bridgehead atoms. The molecular weight excluding hydrogens is 376 g/mol. The fourth-order valence-electron chi connectivity index (χ4n) is 4.76. The standard InChI is InChI=1S/C25H34O3Si/c1-5-20-11-12-22(17-20)13-14-23-18-24(16-15-21-9-7-6-8-10-21)25(19-23)29(26-2,27-3)28-4/h5-16,20,22-25H,1,17-19H2,2-4H3/b14-13+,16-15+. The minimum absolute atomic E-state index is 0.261. The van der Waals surface area contributed by atoms with Gasteiger partial charge in [-0.15, -0.1) is 6.58 Å². The number of benzene rings is 1. The summed E-state index contributed by atoms with van der Waals surface area (Å²) in [5.74, 6) is 1.91. The highest BCUT2D eigenvalue weighted by molar-refractivity contribution is 6.62. The van der Waals surface area contributed by atoms with E-state index in [2.05, 4.69) is 67.3 Å². The lowest BCUT2D eigenvalue weighted by Crippen LogP contribution is -2.48. The molecule has 3 rings (SSSR count). The minimum atomic E-state index is -2.72. The van der Waals surface area contributed by atoms with E-state index in [4.69, 9.17) is 13.3 Å². The Labute approximate surface area is 177 Å². The smallest absolute Gasteiger partial charge is 0.377 e. The van der Waals surface area contributed by atoms with Crippen molar-refractivity contribution in [3.05, 3.63) is 78.9 Å². The predicted molar refractivity (Wildman–Crippen MR) is 122 cm³/mol. The summed E-state index contributed by atoms with van der Waals surface area (Å²) in [6.45, 7) is 3.92. The lowest BCUT2D eigenvalue weighted by atomic mass is 9.99. The lowest BCUT2D eigenvalue weighted by Gasteiger charge is -2.32. The van der Waals surface area contributed by atoms with Crippen LogP contribution in [0.1, 0.15) is 24.8 Å². The molecule has 1 fully saturated rings. The van der Waals surface area contributed by atoms with Gasteiger partial charge < -0.3 is 13.3 Å². The van der Waals surface area contributed by atoms with Crippen LogP contribution in [0.4, 0.5) is 0 Å². The maximum absolute atomic E-state index is 5.87. The summed E-state index contributed by atoms with van der Waals surface area (Å²) >= 11 is 0. The van der Waals surface area contributed by atoms with Gasteiger partial charge in [0.1, 0.15) is 0 Å². The zero-order chi connectivity index (χ0) is 20.7. The van der Waals surface area contributed by atoms with Crippen LogP contribution < -0.4 is 0 Å². The van der Waals surface area contributed by atoms with Crippen LogP contribution in [0.25, 0.3) is 6.08 Å². The fourth-order valence-corrected chi connectivity index (χ4v) is 7.54. The topological polar surface area (TPSA) is 27.7 Å². The summed E-state index contributed by atoms with van der Waals surface area (Å²) in [6.07, 6.45) is 19.2. The van der Waals surface area contributed by atoms with E-state index in [0.717, 1.165) is 19.3 Å². The first-order valence-electron chi connectivity index (χ1n) is 10.5. The Kier molecular flexibility index (Phi) is 7.84. The molecule has 2 aliphatic rings. The summed E-state index contributed by atoms with van der Waals surface area (Å²) in [5, 5.41) is 0. The monoisotopic (exact) mass is 410 g/mol. The maximum Gasteiger partial charge on any atom is 0.504 e. The number of rotatable bonds is 9. The van der Waals surface area contributed by atoms with Gasteiger partial charge in [-0.1, -0.05) is 72.9 Å². The maximum atomic E-state index is 5.87. The normalized spacial score (nSPS) is 30.0. The molecule has 1 aromatic rings. The predicted octanol–water partition coefficient (Wildman–Crippen LogP) is 5.91. The second-order valence-corrected chi connectivity index (χ2v) is 11.2. The Morgan fingerprint density at radius 2 is 1.55 bits per heavy atom. The molecule has 29 heavy (non-hydrogen) atoms. The first-order chi connectivity index (χ1) is 14.1. The van der Waals surface area contributed by atoms with Crippen LogP contribution in [-0.4, -0.2) is 30.1 Å². The molecule has 0 saturated heterocycles. The Bertz CT molecular complexity index is 727. The van der Waals surface area contributed by atoms with Gasteiger partial charge in [0.15, 0.2) is 0 Å². The average Bonchev–Trinajstić information content (AvgIpc) is 3.40. The minimum Gasteiger partial charge on any atom is -0.377 e. The van der Waals surface area contributed by atoms with Crippen LogP contribution in [0.5, 0.6) is 0 Å². The zero-order valence-electron chi connectivity index (χ0n) is 17.9. The summed E-state index contributed by atoms with van der Waals surface area (Å²) in [5.41, 5.74) is 1.48. The summed E-state index contributed by atoms with van der Waals surface area (Å²) in [6, 6.07) is 10.5. The molecule has 4 heteroatoms. The first-order valence-corrected chi connectivity index (χ1v) is 12.3. The highest BCUT2D eigenvalue weighted by Gasteiger charge is 2.53. The number of hydrogen-bond acceptors (Lipinski definition) is 3. The lowest BCUT2D eigenvalue weighted by molar-refractivity contribution is 0.107. The van der Waals surface area contributed by atoms with Crippen molar-refractivity contribution in [2.24, 2.45) is 23.7 Å². The van der Waals surface area contributed by atoms with Gasteiger partial charge in [0, 0.05) is 26.9 Å². The quantitative estimate of drug-likeness (QED) is 0.374. The zero-order valence-corrected chi connectivity index (χ0v) is 18.9. The van der Waals surface area contributed by atoms with E-state index in [-0.39, 0.29) is 5.54 Å². The SMILES string of the molecule is C=CC1C=CC(/C=C/C2CC(/C=C/c3ccccc3)C([Si](OC)(OC)OC)C2)C1. The molecule has 156 valence electrons. The molecular formula is C25H34O3Si. The van der Waals surface area contributed by atoms with Crippen molar-refractivity contribution in [3.8, 4) is 0 Å². The second kappa shape index (κ2) is 10.3. The molecule has 0 radical (unpaired) electrons. The van der Waals surface area contributed by atoms with Crippen molar-refractivity contribution in [2.45, 2.75) is 24.8 Å². The molecule has 5 unspecified atom stereocenters. The van der Waals surface area contributed by atoms with Crippen LogP contribution >= 0.6 is 0 Å². The molecule has 0 aromatic heterocycles. The first kappa shape index (κ1) is 22.0. The Morgan fingerprint density at radius 3 is 2.17 bits per heavy atom. The van der Waals surface area contributed by atoms with E-state index in [1.807, 2.05) is 12.1 Å². The van der Waals surface area contributed by atoms with Gasteiger partial charge in [0.2, 0.25) is 0 Å². The van der Waals surface area contributed by atoms with E-state index >= 15 is 0 Å². The molecule has 0 aliphatic heterocycles. The summed E-state index contributed by atoms with van der Waals surface area (Å²) < 4.78 is 17.6. The summed E-state index contributed by atoms with van der Waals surface area (Å²) in [7, 11) is 2.45. The Hall–Kier alpha value is -1.72. The van der Waals surface area contributed by atoms with E-state index < -0.39 is 8.80 Å². The van der Waals surface area contributed by atoms with Crippen LogP contribution in [0.3, 0.4) is 0 Å². The van der Waals surface area contributed by atoms with Gasteiger partial charge in [0.25, 0.3) is 0 Å². The molecule has 0 N–H and O–H groups in total. The third kappa shape index (κ3) is 5.26. The van der Waals surface area contributed by atoms with Gasteiger partial charge in [-0.25, -0.2) is 0 Å². The average molecular weight is 411 g/mol. The van der Waals surface area contributed by atoms with E-state index in [0.29, 0.717) is 23.7 Å². The van der Waals surface area contributed by atoms with Crippen molar-refractivity contribution in [1.29, 1.82) is 0 Å². The van der Waals surface area contributed by atoms with Crippen LogP contribution in [-0.2, 0) is 13.3 Å². The molecule has 5 atom stereocenters. The van der Waals surface area contributed by atoms with Crippen molar-refractivity contribution in [2.75, 3.05) is 21.3 Å². The van der Waals surface area contributed by atoms with Crippen LogP contribution in [0.2, 0.25) is 5.54 Å². The molecule has 0 heterocycles. The highest BCUT2D eigenvalue weighted by atomic mass is 28.4. The van der Waals surface area contributed by atoms with Gasteiger partial charge >= 0.3 is 8.80 Å². The second-order valence-electron chi connectivity index (χ2n) is 8.06. The Morgan fingerprint density at radius 1 is 0.862 bits per heavy atom. The van der Waals surface area contributed by atoms with Gasteiger partial charge in [-0.2, -0.15) is 0 Å². The van der Waals surface area contributed by atoms with E-state index in [9.17, 15) is 0 Å².